The van der Waals surface area contributed by atoms with Gasteiger partial charge >= 0.3 is 0 Å². The quantitative estimate of drug-likeness (QED) is 0.907. The van der Waals surface area contributed by atoms with E-state index in [9.17, 15) is 9.59 Å². The fourth-order valence-corrected chi connectivity index (χ4v) is 3.51. The van der Waals surface area contributed by atoms with Gasteiger partial charge in [-0.15, -0.1) is 0 Å². The van der Waals surface area contributed by atoms with E-state index in [0.29, 0.717) is 6.54 Å². The molecule has 2 heterocycles. The van der Waals surface area contributed by atoms with Crippen LogP contribution in [0.2, 0.25) is 0 Å². The zero-order valence-electron chi connectivity index (χ0n) is 12.8. The average molecular weight is 301 g/mol. The van der Waals surface area contributed by atoms with E-state index in [4.69, 9.17) is 5.73 Å². The fraction of sp³-hybridized carbons (Fsp3) is 0.529. The lowest BCUT2D eigenvalue weighted by atomic mass is 10.0. The van der Waals surface area contributed by atoms with E-state index in [-0.39, 0.29) is 23.8 Å². The summed E-state index contributed by atoms with van der Waals surface area (Å²) in [6, 6.07) is 9.58. The smallest absolute Gasteiger partial charge is 0.244 e. The molecule has 2 fully saturated rings. The van der Waals surface area contributed by atoms with Gasteiger partial charge in [0, 0.05) is 26.2 Å². The highest BCUT2D eigenvalue weighted by Gasteiger charge is 2.37. The highest BCUT2D eigenvalue weighted by molar-refractivity contribution is 5.84. The van der Waals surface area contributed by atoms with Crippen LogP contribution in [0.5, 0.6) is 0 Å². The van der Waals surface area contributed by atoms with Crippen molar-refractivity contribution in [1.82, 2.24) is 9.80 Å². The molecule has 2 saturated heterocycles. The summed E-state index contributed by atoms with van der Waals surface area (Å²) in [4.78, 5) is 28.5. The molecule has 5 heteroatoms. The second-order valence-electron chi connectivity index (χ2n) is 6.23. The standard InChI is InChI=1S/C17H23N3O2/c18-16(21)14-8-11-20(12-14)15(13-6-2-1-3-7-13)17(22)19-9-4-5-10-19/h1-3,6-7,14-15H,4-5,8-12H2,(H2,18,21)/t14-,15-/m1/s1. The summed E-state index contributed by atoms with van der Waals surface area (Å²) >= 11 is 0. The van der Waals surface area contributed by atoms with Gasteiger partial charge in [0.1, 0.15) is 6.04 Å². The number of hydrogen-bond acceptors (Lipinski definition) is 3. The molecule has 0 bridgehead atoms. The fourth-order valence-electron chi connectivity index (χ4n) is 3.51. The molecule has 0 spiro atoms. The maximum absolute atomic E-state index is 13.0. The van der Waals surface area contributed by atoms with Crippen LogP contribution in [-0.2, 0) is 9.59 Å². The van der Waals surface area contributed by atoms with Gasteiger partial charge in [0.25, 0.3) is 0 Å². The van der Waals surface area contributed by atoms with E-state index < -0.39 is 0 Å². The number of nitrogens with two attached hydrogens (primary N) is 1. The molecule has 22 heavy (non-hydrogen) atoms. The highest BCUT2D eigenvalue weighted by Crippen LogP contribution is 2.30. The SMILES string of the molecule is NC(=O)[C@@H]1CCN([C@@H](C(=O)N2CCCC2)c2ccccc2)C1. The lowest BCUT2D eigenvalue weighted by Gasteiger charge is -2.30. The first-order valence-corrected chi connectivity index (χ1v) is 8.04. The second-order valence-corrected chi connectivity index (χ2v) is 6.23. The van der Waals surface area contributed by atoms with Crippen molar-refractivity contribution in [2.45, 2.75) is 25.3 Å². The minimum absolute atomic E-state index is 0.141. The first kappa shape index (κ1) is 15.0. The van der Waals surface area contributed by atoms with Gasteiger partial charge in [-0.25, -0.2) is 0 Å². The van der Waals surface area contributed by atoms with Crippen LogP contribution in [-0.4, -0.2) is 47.8 Å². The molecule has 2 N–H and O–H groups in total. The maximum Gasteiger partial charge on any atom is 0.244 e. The van der Waals surface area contributed by atoms with Crippen molar-refractivity contribution in [3.63, 3.8) is 0 Å². The summed E-state index contributed by atoms with van der Waals surface area (Å²) in [5, 5.41) is 0. The Morgan fingerprint density at radius 3 is 2.36 bits per heavy atom. The van der Waals surface area contributed by atoms with Crippen molar-refractivity contribution in [2.75, 3.05) is 26.2 Å². The number of nitrogens with zero attached hydrogens (tertiary/aromatic N) is 2. The number of amides is 2. The molecule has 0 radical (unpaired) electrons. The predicted octanol–water partition coefficient (Wildman–Crippen LogP) is 1.16. The average Bonchev–Trinajstić information content (AvgIpc) is 3.20. The van der Waals surface area contributed by atoms with Gasteiger partial charge in [0.05, 0.1) is 5.92 Å². The van der Waals surface area contributed by atoms with Gasteiger partial charge in [0.15, 0.2) is 0 Å². The number of likely N-dealkylation sites (tertiary alicyclic amines) is 2. The molecule has 0 aliphatic carbocycles. The normalized spacial score (nSPS) is 23.6. The largest absolute Gasteiger partial charge is 0.369 e. The van der Waals surface area contributed by atoms with Crippen molar-refractivity contribution in [2.24, 2.45) is 11.7 Å². The van der Waals surface area contributed by atoms with Gasteiger partial charge < -0.3 is 10.6 Å². The summed E-state index contributed by atoms with van der Waals surface area (Å²) in [6.45, 7) is 3.01. The molecule has 118 valence electrons. The van der Waals surface area contributed by atoms with E-state index in [1.807, 2.05) is 35.2 Å². The van der Waals surface area contributed by atoms with E-state index in [1.54, 1.807) is 0 Å². The third kappa shape index (κ3) is 2.99. The Kier molecular flexibility index (Phi) is 4.43. The Morgan fingerprint density at radius 2 is 1.77 bits per heavy atom. The molecular formula is C17H23N3O2. The van der Waals surface area contributed by atoms with Crippen LogP contribution >= 0.6 is 0 Å². The number of hydrogen-bond donors (Lipinski definition) is 1. The van der Waals surface area contributed by atoms with Crippen LogP contribution < -0.4 is 5.73 Å². The zero-order valence-corrected chi connectivity index (χ0v) is 12.8. The van der Waals surface area contributed by atoms with Gasteiger partial charge in [-0.1, -0.05) is 30.3 Å². The second kappa shape index (κ2) is 6.48. The number of carbonyl (C=O) groups excluding carboxylic acids is 2. The third-order valence-electron chi connectivity index (χ3n) is 4.75. The van der Waals surface area contributed by atoms with Gasteiger partial charge in [-0.05, 0) is 24.8 Å². The third-order valence-corrected chi connectivity index (χ3v) is 4.75. The van der Waals surface area contributed by atoms with Crippen molar-refractivity contribution in [1.29, 1.82) is 0 Å². The van der Waals surface area contributed by atoms with Gasteiger partial charge in [0.2, 0.25) is 11.8 Å². The van der Waals surface area contributed by atoms with E-state index in [1.165, 1.54) is 0 Å². The molecule has 2 aliphatic heterocycles. The maximum atomic E-state index is 13.0. The van der Waals surface area contributed by atoms with Gasteiger partial charge in [-0.2, -0.15) is 0 Å². The topological polar surface area (TPSA) is 66.6 Å². The minimum Gasteiger partial charge on any atom is -0.369 e. The molecule has 3 rings (SSSR count). The first-order chi connectivity index (χ1) is 10.7. The lowest BCUT2D eigenvalue weighted by molar-refractivity contribution is -0.136. The van der Waals surface area contributed by atoms with E-state index >= 15 is 0 Å². The van der Waals surface area contributed by atoms with Crippen LogP contribution in [0.3, 0.4) is 0 Å². The number of primary amides is 1. The van der Waals surface area contributed by atoms with Crippen LogP contribution in [0.25, 0.3) is 0 Å². The number of carbonyl (C=O) groups is 2. The van der Waals surface area contributed by atoms with Crippen molar-refractivity contribution < 1.29 is 9.59 Å². The Labute approximate surface area is 131 Å². The van der Waals surface area contributed by atoms with Crippen LogP contribution in [0, 0.1) is 5.92 Å². The van der Waals surface area contributed by atoms with Crippen molar-refractivity contribution >= 4 is 11.8 Å². The van der Waals surface area contributed by atoms with Crippen LogP contribution in [0.15, 0.2) is 30.3 Å². The highest BCUT2D eigenvalue weighted by atomic mass is 16.2. The van der Waals surface area contributed by atoms with Crippen LogP contribution in [0.4, 0.5) is 0 Å². The Morgan fingerprint density at radius 1 is 1.09 bits per heavy atom. The van der Waals surface area contributed by atoms with Gasteiger partial charge in [-0.3, -0.25) is 14.5 Å². The Hall–Kier alpha value is -1.88. The molecule has 0 saturated carbocycles. The number of benzene rings is 1. The Bertz CT molecular complexity index is 540. The summed E-state index contributed by atoms with van der Waals surface area (Å²) in [6.07, 6.45) is 2.90. The molecule has 2 aliphatic rings. The summed E-state index contributed by atoms with van der Waals surface area (Å²) in [5.41, 5.74) is 6.44. The monoisotopic (exact) mass is 301 g/mol. The molecule has 2 atom stereocenters. The number of rotatable bonds is 4. The molecule has 1 aromatic carbocycles. The van der Waals surface area contributed by atoms with Crippen LogP contribution in [0.1, 0.15) is 30.9 Å². The molecule has 2 amide bonds. The van der Waals surface area contributed by atoms with Crippen molar-refractivity contribution in [3.8, 4) is 0 Å². The zero-order chi connectivity index (χ0) is 15.5. The molecule has 0 unspecified atom stereocenters. The molecule has 0 aromatic heterocycles. The lowest BCUT2D eigenvalue weighted by Crippen LogP contribution is -2.41. The minimum atomic E-state index is -0.288. The molecule has 5 nitrogen and oxygen atoms in total. The first-order valence-electron chi connectivity index (χ1n) is 8.04. The predicted molar refractivity (Wildman–Crippen MR) is 83.9 cm³/mol. The Balaban J connectivity index is 1.83. The van der Waals surface area contributed by atoms with E-state index in [2.05, 4.69) is 4.90 Å². The van der Waals surface area contributed by atoms with E-state index in [0.717, 1.165) is 44.5 Å². The van der Waals surface area contributed by atoms with Crippen molar-refractivity contribution in [3.05, 3.63) is 35.9 Å². The summed E-state index contributed by atoms with van der Waals surface area (Å²) in [5.74, 6) is -0.241. The molecule has 1 aromatic rings. The summed E-state index contributed by atoms with van der Waals surface area (Å²) < 4.78 is 0. The summed E-state index contributed by atoms with van der Waals surface area (Å²) in [7, 11) is 0. The molecular weight excluding hydrogens is 278 g/mol.